The third kappa shape index (κ3) is 5.52. The number of nitrogens with zero attached hydrogens (tertiary/aromatic N) is 2. The maximum absolute atomic E-state index is 2.49. The van der Waals surface area contributed by atoms with Crippen molar-refractivity contribution in [1.29, 1.82) is 0 Å². The fraction of sp³-hybridized carbons (Fsp3) is 0.500. The van der Waals surface area contributed by atoms with Gasteiger partial charge in [-0.25, -0.2) is 0 Å². The number of anilines is 4. The number of fused-ring (bicyclic) bond motifs is 1. The summed E-state index contributed by atoms with van der Waals surface area (Å²) in [6.45, 7) is 27.9. The van der Waals surface area contributed by atoms with Gasteiger partial charge < -0.3 is 9.62 Å². The Bertz CT molecular complexity index is 1160. The molecule has 0 atom stereocenters. The molecule has 0 unspecified atom stereocenters. The average molecular weight is 522 g/mol. The molecule has 0 saturated heterocycles. The average Bonchev–Trinajstić information content (AvgIpc) is 3.25. The predicted octanol–water partition coefficient (Wildman–Crippen LogP) is 11.3. The normalized spacial score (nSPS) is 13.6. The molecule has 0 aromatic heterocycles. The summed E-state index contributed by atoms with van der Waals surface area (Å²) in [5.41, 5.74) is 13.8. The molecule has 2 nitrogen and oxygen atoms in total. The van der Waals surface area contributed by atoms with E-state index in [9.17, 15) is 0 Å². The van der Waals surface area contributed by atoms with Crippen molar-refractivity contribution in [2.75, 3.05) is 9.62 Å². The highest BCUT2D eigenvalue weighted by Gasteiger charge is 2.36. The molecule has 3 aromatic rings. The van der Waals surface area contributed by atoms with Gasteiger partial charge in [-0.05, 0) is 81.0 Å². The molecule has 4 rings (SSSR count). The van der Waals surface area contributed by atoms with Gasteiger partial charge in [0.25, 0.3) is 0 Å². The lowest BCUT2D eigenvalue weighted by Crippen LogP contribution is -2.32. The molecule has 1 heterocycles. The number of hydrogen-bond donors (Lipinski definition) is 0. The van der Waals surface area contributed by atoms with E-state index in [1.807, 2.05) is 0 Å². The van der Waals surface area contributed by atoms with E-state index in [0.717, 1.165) is 0 Å². The van der Waals surface area contributed by atoms with E-state index in [0.29, 0.717) is 35.5 Å². The van der Waals surface area contributed by atoms with Crippen LogP contribution >= 0.6 is 0 Å². The van der Waals surface area contributed by atoms with E-state index < -0.39 is 0 Å². The summed E-state index contributed by atoms with van der Waals surface area (Å²) in [5.74, 6) is 2.70. The molecule has 0 N–H and O–H groups in total. The Labute approximate surface area is 240 Å². The minimum absolute atomic E-state index is 0.425. The third-order valence-corrected chi connectivity index (χ3v) is 8.32. The number of hydrogen-bond acceptors (Lipinski definition) is 2. The van der Waals surface area contributed by atoms with Gasteiger partial charge in [-0.2, -0.15) is 0 Å². The highest BCUT2D eigenvalue weighted by Crippen LogP contribution is 2.51. The Morgan fingerprint density at radius 2 is 0.718 bits per heavy atom. The fourth-order valence-electron chi connectivity index (χ4n) is 5.86. The van der Waals surface area contributed by atoms with Crippen LogP contribution in [0.3, 0.4) is 0 Å². The minimum Gasteiger partial charge on any atom is -0.366 e. The molecule has 3 heteroatoms. The first-order valence-corrected chi connectivity index (χ1v) is 15.2. The van der Waals surface area contributed by atoms with Crippen molar-refractivity contribution < 1.29 is 0 Å². The van der Waals surface area contributed by atoms with Crippen LogP contribution in [0.2, 0.25) is 0 Å². The summed E-state index contributed by atoms with van der Waals surface area (Å²) >= 11 is 0. The van der Waals surface area contributed by atoms with Gasteiger partial charge in [0.1, 0.15) is 0 Å². The lowest BCUT2D eigenvalue weighted by atomic mass is 9.84. The largest absolute Gasteiger partial charge is 0.401 e. The second-order valence-electron chi connectivity index (χ2n) is 13.4. The van der Waals surface area contributed by atoms with Gasteiger partial charge in [-0.15, -0.1) is 0 Å². The molecule has 0 bridgehead atoms. The van der Waals surface area contributed by atoms with Crippen LogP contribution in [0.25, 0.3) is 0 Å². The van der Waals surface area contributed by atoms with Crippen LogP contribution in [0, 0.1) is 0 Å². The summed E-state index contributed by atoms with van der Waals surface area (Å²) in [7, 11) is 2.38. The molecule has 0 fully saturated rings. The van der Waals surface area contributed by atoms with Gasteiger partial charge in [0.05, 0.1) is 11.4 Å². The topological polar surface area (TPSA) is 6.48 Å². The van der Waals surface area contributed by atoms with Crippen molar-refractivity contribution in [3.63, 3.8) is 0 Å². The molecule has 1 aliphatic heterocycles. The van der Waals surface area contributed by atoms with Crippen molar-refractivity contribution in [1.82, 2.24) is 0 Å². The van der Waals surface area contributed by atoms with E-state index in [1.54, 1.807) is 0 Å². The molecule has 0 aliphatic carbocycles. The molecular weight excluding hydrogens is 471 g/mol. The van der Waals surface area contributed by atoms with E-state index in [4.69, 9.17) is 0 Å². The molecule has 207 valence electrons. The first-order chi connectivity index (χ1) is 18.3. The molecule has 39 heavy (non-hydrogen) atoms. The lowest BCUT2D eigenvalue weighted by molar-refractivity contribution is 0.804. The van der Waals surface area contributed by atoms with Crippen LogP contribution in [-0.4, -0.2) is 7.55 Å². The van der Waals surface area contributed by atoms with Crippen molar-refractivity contribution >= 4 is 30.3 Å². The molecule has 1 aliphatic rings. The first-order valence-electron chi connectivity index (χ1n) is 15.2. The molecule has 0 amide bonds. The smallest absolute Gasteiger partial charge is 0.366 e. The van der Waals surface area contributed by atoms with Crippen LogP contribution in [0.4, 0.5) is 22.7 Å². The van der Waals surface area contributed by atoms with Gasteiger partial charge in [-0.3, -0.25) is 0 Å². The van der Waals surface area contributed by atoms with Crippen LogP contribution in [0.5, 0.6) is 0 Å². The van der Waals surface area contributed by atoms with Crippen LogP contribution < -0.4 is 9.62 Å². The van der Waals surface area contributed by atoms with Crippen molar-refractivity contribution in [2.45, 2.75) is 119 Å². The summed E-state index contributed by atoms with van der Waals surface area (Å²) in [6, 6.07) is 18.8. The highest BCUT2D eigenvalue weighted by molar-refractivity contribution is 6.55. The Hall–Kier alpha value is -2.68. The summed E-state index contributed by atoms with van der Waals surface area (Å²) in [6.07, 6.45) is 0. The SMILES string of the molecule is CC(C)c1cc(C(C)C)c(N2[B]N(c3c(C(C)C)cc(C(C)C)cc3C(C)C)c3ccccc32)c(C(C)C)c1. The van der Waals surface area contributed by atoms with E-state index >= 15 is 0 Å². The predicted molar refractivity (Wildman–Crippen MR) is 174 cm³/mol. The first kappa shape index (κ1) is 29.3. The monoisotopic (exact) mass is 521 g/mol. The van der Waals surface area contributed by atoms with Gasteiger partial charge >= 0.3 is 7.55 Å². The highest BCUT2D eigenvalue weighted by atomic mass is 15.3. The Kier molecular flexibility index (Phi) is 8.60. The minimum atomic E-state index is 0.425. The van der Waals surface area contributed by atoms with Gasteiger partial charge in [0, 0.05) is 11.4 Å². The van der Waals surface area contributed by atoms with Gasteiger partial charge in [0.15, 0.2) is 0 Å². The molecule has 3 aromatic carbocycles. The second-order valence-corrected chi connectivity index (χ2v) is 13.4. The lowest BCUT2D eigenvalue weighted by Gasteiger charge is -2.32. The Balaban J connectivity index is 2.00. The Morgan fingerprint density at radius 1 is 0.436 bits per heavy atom. The third-order valence-electron chi connectivity index (χ3n) is 8.32. The van der Waals surface area contributed by atoms with Crippen molar-refractivity contribution in [3.8, 4) is 0 Å². The van der Waals surface area contributed by atoms with E-state index in [1.165, 1.54) is 56.1 Å². The molecule has 1 radical (unpaired) electrons. The molecule has 0 saturated carbocycles. The van der Waals surface area contributed by atoms with Crippen LogP contribution in [0.15, 0.2) is 48.5 Å². The number of para-hydroxylation sites is 2. The molecule has 0 spiro atoms. The standard InChI is InChI=1S/C36H50BN2/c1-21(2)27-17-29(23(5)6)35(30(18-27)24(7)8)38-33-15-13-14-16-34(33)39(37-38)36-31(25(9)10)19-28(22(3)4)20-32(36)26(11)12/h13-26H,1-12H3. The number of benzene rings is 3. The van der Waals surface area contributed by atoms with Crippen LogP contribution in [-0.2, 0) is 0 Å². The summed E-state index contributed by atoms with van der Waals surface area (Å²) < 4.78 is 0. The summed E-state index contributed by atoms with van der Waals surface area (Å²) in [4.78, 5) is 4.99. The second kappa shape index (κ2) is 11.4. The maximum atomic E-state index is 2.49. The van der Waals surface area contributed by atoms with Gasteiger partial charge in [0.2, 0.25) is 0 Å². The van der Waals surface area contributed by atoms with E-state index in [-0.39, 0.29) is 0 Å². The zero-order valence-corrected chi connectivity index (χ0v) is 26.6. The number of rotatable bonds is 8. The van der Waals surface area contributed by atoms with Crippen LogP contribution in [0.1, 0.15) is 152 Å². The van der Waals surface area contributed by atoms with E-state index in [2.05, 4.69) is 149 Å². The van der Waals surface area contributed by atoms with Crippen molar-refractivity contribution in [3.05, 3.63) is 81.9 Å². The zero-order chi connectivity index (χ0) is 28.8. The maximum Gasteiger partial charge on any atom is 0.401 e. The molecular formula is C36H50BN2. The van der Waals surface area contributed by atoms with Gasteiger partial charge in [-0.1, -0.05) is 119 Å². The zero-order valence-electron chi connectivity index (χ0n) is 26.6. The quantitative estimate of drug-likeness (QED) is 0.272. The van der Waals surface area contributed by atoms with Crippen molar-refractivity contribution in [2.24, 2.45) is 0 Å². The summed E-state index contributed by atoms with van der Waals surface area (Å²) in [5, 5.41) is 0. The Morgan fingerprint density at radius 3 is 0.949 bits per heavy atom. The fourth-order valence-corrected chi connectivity index (χ4v) is 5.86.